The first-order valence-electron chi connectivity index (χ1n) is 9.16. The summed E-state index contributed by atoms with van der Waals surface area (Å²) in [7, 11) is 3.09. The third kappa shape index (κ3) is 4.60. The number of hydrogen-bond donors (Lipinski definition) is 2. The van der Waals surface area contributed by atoms with Crippen molar-refractivity contribution in [1.29, 1.82) is 0 Å². The fraction of sp³-hybridized carbons (Fsp3) is 0.333. The van der Waals surface area contributed by atoms with Gasteiger partial charge in [-0.1, -0.05) is 30.3 Å². The van der Waals surface area contributed by atoms with Gasteiger partial charge in [0.25, 0.3) is 0 Å². The molecule has 154 valence electrons. The SMILES string of the molecule is COc1ccc(CN2C(=O)[C@H](NC(=O)OCc3ccccc3)[C@@H]2CO)c(OC)c1. The van der Waals surface area contributed by atoms with Gasteiger partial charge in [-0.3, -0.25) is 4.79 Å². The number of methoxy groups -OCH3 is 2. The number of rotatable bonds is 8. The van der Waals surface area contributed by atoms with E-state index in [4.69, 9.17) is 14.2 Å². The van der Waals surface area contributed by atoms with Crippen molar-refractivity contribution in [2.75, 3.05) is 20.8 Å². The lowest BCUT2D eigenvalue weighted by Crippen LogP contribution is -2.71. The maximum absolute atomic E-state index is 12.5. The van der Waals surface area contributed by atoms with Crippen LogP contribution in [0, 0.1) is 0 Å². The van der Waals surface area contributed by atoms with E-state index in [0.29, 0.717) is 11.5 Å². The zero-order valence-corrected chi connectivity index (χ0v) is 16.3. The Morgan fingerprint density at radius 2 is 1.90 bits per heavy atom. The van der Waals surface area contributed by atoms with E-state index in [0.717, 1.165) is 11.1 Å². The molecule has 8 nitrogen and oxygen atoms in total. The minimum absolute atomic E-state index is 0.101. The topological polar surface area (TPSA) is 97.3 Å². The highest BCUT2D eigenvalue weighted by Crippen LogP contribution is 2.29. The van der Waals surface area contributed by atoms with Crippen LogP contribution in [0.15, 0.2) is 48.5 Å². The summed E-state index contributed by atoms with van der Waals surface area (Å²) in [5.74, 6) is 0.922. The van der Waals surface area contributed by atoms with Gasteiger partial charge in [0.2, 0.25) is 5.91 Å². The fourth-order valence-corrected chi connectivity index (χ4v) is 3.22. The number of aliphatic hydroxyl groups excluding tert-OH is 1. The van der Waals surface area contributed by atoms with Crippen LogP contribution in [0.3, 0.4) is 0 Å². The highest BCUT2D eigenvalue weighted by molar-refractivity contribution is 5.92. The summed E-state index contributed by atoms with van der Waals surface area (Å²) in [5.41, 5.74) is 1.61. The first-order chi connectivity index (χ1) is 14.1. The van der Waals surface area contributed by atoms with Gasteiger partial charge in [-0.25, -0.2) is 4.79 Å². The maximum Gasteiger partial charge on any atom is 0.408 e. The average Bonchev–Trinajstić information content (AvgIpc) is 2.77. The van der Waals surface area contributed by atoms with Crippen LogP contribution in [0.1, 0.15) is 11.1 Å². The summed E-state index contributed by atoms with van der Waals surface area (Å²) in [6.45, 7) is 0.0620. The van der Waals surface area contributed by atoms with Crippen LogP contribution < -0.4 is 14.8 Å². The summed E-state index contributed by atoms with van der Waals surface area (Å²) in [4.78, 5) is 26.1. The van der Waals surface area contributed by atoms with Crippen molar-refractivity contribution in [3.63, 3.8) is 0 Å². The Hall–Kier alpha value is -3.26. The molecule has 1 heterocycles. The van der Waals surface area contributed by atoms with Crippen LogP contribution >= 0.6 is 0 Å². The molecule has 8 heteroatoms. The van der Waals surface area contributed by atoms with Crippen molar-refractivity contribution >= 4 is 12.0 Å². The van der Waals surface area contributed by atoms with E-state index >= 15 is 0 Å². The Kier molecular flexibility index (Phi) is 6.56. The van der Waals surface area contributed by atoms with E-state index in [1.807, 2.05) is 30.3 Å². The Morgan fingerprint density at radius 1 is 1.14 bits per heavy atom. The molecule has 1 aliphatic rings. The van der Waals surface area contributed by atoms with Crippen LogP contribution in [0.25, 0.3) is 0 Å². The summed E-state index contributed by atoms with van der Waals surface area (Å²) < 4.78 is 15.7. The molecule has 2 amide bonds. The second kappa shape index (κ2) is 9.29. The molecule has 0 saturated carbocycles. The first kappa shape index (κ1) is 20.5. The van der Waals surface area contributed by atoms with Crippen molar-refractivity contribution in [2.24, 2.45) is 0 Å². The quantitative estimate of drug-likeness (QED) is 0.655. The second-order valence-electron chi connectivity index (χ2n) is 6.58. The largest absolute Gasteiger partial charge is 0.497 e. The molecule has 1 fully saturated rings. The number of carbonyl (C=O) groups excluding carboxylic acids is 2. The number of hydrogen-bond acceptors (Lipinski definition) is 6. The predicted molar refractivity (Wildman–Crippen MR) is 105 cm³/mol. The fourth-order valence-electron chi connectivity index (χ4n) is 3.22. The van der Waals surface area contributed by atoms with E-state index < -0.39 is 18.2 Å². The average molecular weight is 400 g/mol. The summed E-state index contributed by atoms with van der Waals surface area (Å²) in [5, 5.41) is 12.3. The summed E-state index contributed by atoms with van der Waals surface area (Å²) >= 11 is 0. The Balaban J connectivity index is 1.59. The Bertz CT molecular complexity index is 858. The molecule has 0 radical (unpaired) electrons. The molecule has 2 aromatic carbocycles. The zero-order valence-electron chi connectivity index (χ0n) is 16.3. The predicted octanol–water partition coefficient (Wildman–Crippen LogP) is 1.70. The highest BCUT2D eigenvalue weighted by Gasteiger charge is 2.48. The number of ether oxygens (including phenoxy) is 3. The van der Waals surface area contributed by atoms with Gasteiger partial charge in [-0.2, -0.15) is 0 Å². The van der Waals surface area contributed by atoms with Crippen LogP contribution in [0.5, 0.6) is 11.5 Å². The van der Waals surface area contributed by atoms with Crippen LogP contribution in [-0.2, 0) is 22.7 Å². The smallest absolute Gasteiger partial charge is 0.408 e. The summed E-state index contributed by atoms with van der Waals surface area (Å²) in [6, 6.07) is 13.2. The van der Waals surface area contributed by atoms with Gasteiger partial charge in [-0.15, -0.1) is 0 Å². The van der Waals surface area contributed by atoms with Gasteiger partial charge < -0.3 is 29.5 Å². The second-order valence-corrected chi connectivity index (χ2v) is 6.58. The van der Waals surface area contributed by atoms with Crippen LogP contribution in [-0.4, -0.2) is 54.9 Å². The van der Waals surface area contributed by atoms with Gasteiger partial charge in [-0.05, 0) is 17.7 Å². The van der Waals surface area contributed by atoms with Crippen molar-refractivity contribution < 1.29 is 28.9 Å². The molecule has 0 aliphatic carbocycles. The minimum Gasteiger partial charge on any atom is -0.497 e. The number of amides is 2. The van der Waals surface area contributed by atoms with Crippen molar-refractivity contribution in [2.45, 2.75) is 25.2 Å². The minimum atomic E-state index is -0.826. The molecule has 0 unspecified atom stereocenters. The first-order valence-corrected chi connectivity index (χ1v) is 9.16. The number of likely N-dealkylation sites (tertiary alicyclic amines) is 1. The highest BCUT2D eigenvalue weighted by atomic mass is 16.5. The van der Waals surface area contributed by atoms with Crippen LogP contribution in [0.2, 0.25) is 0 Å². The molecule has 2 aromatic rings. The maximum atomic E-state index is 12.5. The lowest BCUT2D eigenvalue weighted by Gasteiger charge is -2.46. The molecule has 3 rings (SSSR count). The number of alkyl carbamates (subject to hydrolysis) is 1. The molecule has 29 heavy (non-hydrogen) atoms. The Labute approximate surface area is 169 Å². The molecular formula is C21H24N2O6. The molecule has 0 spiro atoms. The molecule has 2 atom stereocenters. The monoisotopic (exact) mass is 400 g/mol. The number of carbonyl (C=O) groups is 2. The molecule has 2 N–H and O–H groups in total. The molecule has 1 saturated heterocycles. The van der Waals surface area contributed by atoms with Crippen LogP contribution in [0.4, 0.5) is 4.79 Å². The van der Waals surface area contributed by atoms with Crippen molar-refractivity contribution in [3.8, 4) is 11.5 Å². The van der Waals surface area contributed by atoms with E-state index in [1.54, 1.807) is 25.3 Å². The number of benzene rings is 2. The van der Waals surface area contributed by atoms with E-state index in [-0.39, 0.29) is 25.7 Å². The van der Waals surface area contributed by atoms with Crippen molar-refractivity contribution in [1.82, 2.24) is 10.2 Å². The van der Waals surface area contributed by atoms with Gasteiger partial charge in [0, 0.05) is 18.2 Å². The number of nitrogens with zero attached hydrogens (tertiary/aromatic N) is 1. The molecule has 0 aromatic heterocycles. The molecular weight excluding hydrogens is 376 g/mol. The Morgan fingerprint density at radius 3 is 2.55 bits per heavy atom. The number of nitrogens with one attached hydrogen (secondary N) is 1. The van der Waals surface area contributed by atoms with Crippen molar-refractivity contribution in [3.05, 3.63) is 59.7 Å². The van der Waals surface area contributed by atoms with Gasteiger partial charge in [0.05, 0.1) is 26.9 Å². The van der Waals surface area contributed by atoms with Gasteiger partial charge >= 0.3 is 6.09 Å². The lowest BCUT2D eigenvalue weighted by molar-refractivity contribution is -0.154. The third-order valence-electron chi connectivity index (χ3n) is 4.84. The summed E-state index contributed by atoms with van der Waals surface area (Å²) in [6.07, 6.45) is -0.702. The molecule has 0 bridgehead atoms. The number of β-lactam (4-membered cyclic amide) rings is 1. The van der Waals surface area contributed by atoms with E-state index in [1.165, 1.54) is 12.0 Å². The lowest BCUT2D eigenvalue weighted by atomic mass is 9.94. The standard InChI is InChI=1S/C21H24N2O6/c1-27-16-9-8-15(18(10-16)28-2)11-23-17(12-24)19(20(23)25)22-21(26)29-13-14-6-4-3-5-7-14/h3-10,17,19,24H,11-13H2,1-2H3,(H,22,26)/t17-,19+/m0/s1. The van der Waals surface area contributed by atoms with Gasteiger partial charge in [0.15, 0.2) is 0 Å². The third-order valence-corrected chi connectivity index (χ3v) is 4.84. The van der Waals surface area contributed by atoms with Gasteiger partial charge in [0.1, 0.15) is 24.1 Å². The zero-order chi connectivity index (χ0) is 20.8. The number of aliphatic hydroxyl groups is 1. The molecule has 1 aliphatic heterocycles. The van der Waals surface area contributed by atoms with E-state index in [9.17, 15) is 14.7 Å². The van der Waals surface area contributed by atoms with E-state index in [2.05, 4.69) is 5.32 Å². The normalized spacial score (nSPS) is 18.0.